The number of aldehydes is 1. The Morgan fingerprint density at radius 1 is 0.959 bits per heavy atom. The van der Waals surface area contributed by atoms with E-state index in [4.69, 9.17) is 28.4 Å². The Bertz CT molecular complexity index is 1100. The smallest absolute Gasteiger partial charge is 0.306 e. The summed E-state index contributed by atoms with van der Waals surface area (Å²) in [5.74, 6) is -1.05. The Labute approximate surface area is 294 Å². The van der Waals surface area contributed by atoms with Crippen LogP contribution >= 0.6 is 0 Å². The third-order valence-electron chi connectivity index (χ3n) is 11.1. The minimum Gasteiger partial charge on any atom is -0.462 e. The molecule has 3 aliphatic heterocycles. The number of ether oxygens (including phenoxy) is 6. The second-order valence-electron chi connectivity index (χ2n) is 15.7. The number of allylic oxidation sites excluding steroid dienone is 2. The van der Waals surface area contributed by atoms with E-state index >= 15 is 0 Å². The molecule has 3 heterocycles. The van der Waals surface area contributed by atoms with Crippen LogP contribution in [0.1, 0.15) is 87.5 Å². The molecule has 11 nitrogen and oxygen atoms in total. The van der Waals surface area contributed by atoms with Crippen LogP contribution in [0, 0.1) is 29.1 Å². The van der Waals surface area contributed by atoms with Crippen molar-refractivity contribution in [1.29, 1.82) is 0 Å². The van der Waals surface area contributed by atoms with Crippen LogP contribution in [-0.4, -0.2) is 116 Å². The number of hydrogen-bond donors (Lipinski definition) is 2. The zero-order valence-corrected chi connectivity index (χ0v) is 31.7. The highest BCUT2D eigenvalue weighted by atomic mass is 16.7. The van der Waals surface area contributed by atoms with Crippen molar-refractivity contribution < 1.29 is 48.2 Å². The summed E-state index contributed by atoms with van der Waals surface area (Å²) in [4.78, 5) is 27.1. The molecule has 49 heavy (non-hydrogen) atoms. The third kappa shape index (κ3) is 11.1. The van der Waals surface area contributed by atoms with Gasteiger partial charge in [0.25, 0.3) is 0 Å². The van der Waals surface area contributed by atoms with E-state index in [9.17, 15) is 19.8 Å². The average molecular weight is 696 g/mol. The molecule has 0 aliphatic carbocycles. The van der Waals surface area contributed by atoms with Crippen molar-refractivity contribution in [2.75, 3.05) is 21.2 Å². The number of carbonyl (C=O) groups is 2. The molecule has 11 heteroatoms. The van der Waals surface area contributed by atoms with Crippen LogP contribution in [0.15, 0.2) is 24.3 Å². The first-order chi connectivity index (χ1) is 23.0. The number of esters is 1. The summed E-state index contributed by atoms with van der Waals surface area (Å²) in [6.07, 6.45) is 3.61. The first kappa shape index (κ1) is 41.7. The lowest BCUT2D eigenvalue weighted by Crippen LogP contribution is -2.65. The van der Waals surface area contributed by atoms with Gasteiger partial charge in [-0.3, -0.25) is 4.79 Å². The second kappa shape index (κ2) is 18.7. The topological polar surface area (TPSA) is 133 Å². The van der Waals surface area contributed by atoms with Gasteiger partial charge < -0.3 is 48.3 Å². The maximum absolute atomic E-state index is 13.0. The molecule has 0 amide bonds. The standard InChI is InChI=1S/C38H65NO10/c1-22-19-28(17-18-40)36(34(44-11)23(2)20-30(42)45-24(3)15-13-12-14-16-29(22)41)49-37-33(43)32(39(9)10)35(27(6)47-37)48-31-21-38(7,8)25(4)26(5)46-31/h12-14,16,18,22-29,31-37,41,43H,15,17,19-21H2,1-11H3/b13-12+,16-14+/t22-,23-,24-,25+,26?,27-,28+,29+,31+,32?,33?,34+,35+,36+,37+/m1/s1. The Hall–Kier alpha value is -1.70. The van der Waals surface area contributed by atoms with Gasteiger partial charge in [0.1, 0.15) is 24.6 Å². The summed E-state index contributed by atoms with van der Waals surface area (Å²) in [6, 6.07) is -0.514. The first-order valence-corrected chi connectivity index (χ1v) is 18.1. The SMILES string of the molecule is CO[C@@H]1[C@@H](O[C@@H]2O[C@H](C)[C@H](O[C@H]3CC(C)(C)[C@@H](C)C(C)O3)C(N(C)C)C2O)[C@@H](CC=O)C[C@@H](C)[C@@H](O)/C=C/C=C/C[C@@H](C)OC(=O)C[C@H]1C. The number of nitrogens with zero attached hydrogens (tertiary/aromatic N) is 1. The molecule has 0 aromatic heterocycles. The van der Waals surface area contributed by atoms with Crippen LogP contribution in [0.3, 0.4) is 0 Å². The Kier molecular flexibility index (Phi) is 15.9. The summed E-state index contributed by atoms with van der Waals surface area (Å²) in [5, 5.41) is 22.9. The van der Waals surface area contributed by atoms with Gasteiger partial charge in [-0.2, -0.15) is 0 Å². The van der Waals surface area contributed by atoms with Crippen LogP contribution in [-0.2, 0) is 38.0 Å². The summed E-state index contributed by atoms with van der Waals surface area (Å²) >= 11 is 0. The van der Waals surface area contributed by atoms with Gasteiger partial charge >= 0.3 is 5.97 Å². The highest BCUT2D eigenvalue weighted by Gasteiger charge is 2.50. The number of aliphatic hydroxyl groups is 2. The van der Waals surface area contributed by atoms with E-state index in [2.05, 4.69) is 27.7 Å². The lowest BCUT2D eigenvalue weighted by atomic mass is 9.73. The highest BCUT2D eigenvalue weighted by Crippen LogP contribution is 2.42. The monoisotopic (exact) mass is 695 g/mol. The molecule has 15 atom stereocenters. The van der Waals surface area contributed by atoms with E-state index in [1.165, 1.54) is 0 Å². The van der Waals surface area contributed by atoms with E-state index in [0.29, 0.717) is 25.2 Å². The fourth-order valence-electron chi connectivity index (χ4n) is 7.64. The van der Waals surface area contributed by atoms with Crippen molar-refractivity contribution in [2.45, 2.75) is 155 Å². The fourth-order valence-corrected chi connectivity index (χ4v) is 7.64. The molecule has 0 spiro atoms. The molecule has 2 N–H and O–H groups in total. The number of aliphatic hydroxyl groups excluding tert-OH is 2. The molecule has 2 fully saturated rings. The quantitative estimate of drug-likeness (QED) is 0.271. The van der Waals surface area contributed by atoms with Crippen LogP contribution in [0.4, 0.5) is 0 Å². The van der Waals surface area contributed by atoms with Gasteiger partial charge in [-0.25, -0.2) is 0 Å². The normalized spacial score (nSPS) is 44.2. The molecule has 3 aliphatic rings. The van der Waals surface area contributed by atoms with Crippen LogP contribution in [0.25, 0.3) is 0 Å². The van der Waals surface area contributed by atoms with Crippen molar-refractivity contribution in [1.82, 2.24) is 4.90 Å². The number of likely N-dealkylation sites (N-methyl/N-ethyl adjacent to an activating group) is 1. The summed E-state index contributed by atoms with van der Waals surface area (Å²) in [5.41, 5.74) is 0.00425. The molecule has 2 saturated heterocycles. The van der Waals surface area contributed by atoms with E-state index in [0.717, 1.165) is 6.29 Å². The van der Waals surface area contributed by atoms with Gasteiger partial charge in [0.05, 0.1) is 43.0 Å². The fraction of sp³-hybridized carbons (Fsp3) is 0.842. The van der Waals surface area contributed by atoms with Crippen LogP contribution in [0.2, 0.25) is 0 Å². The van der Waals surface area contributed by atoms with Crippen molar-refractivity contribution in [3.63, 3.8) is 0 Å². The van der Waals surface area contributed by atoms with Gasteiger partial charge in [0.15, 0.2) is 12.6 Å². The molecule has 0 aromatic carbocycles. The lowest BCUT2D eigenvalue weighted by Gasteiger charge is -2.50. The number of methoxy groups -OCH3 is 1. The summed E-state index contributed by atoms with van der Waals surface area (Å²) < 4.78 is 37.8. The molecule has 0 aromatic rings. The molecular weight excluding hydrogens is 630 g/mol. The first-order valence-electron chi connectivity index (χ1n) is 18.1. The molecule has 3 rings (SSSR count). The molecule has 0 radical (unpaired) electrons. The van der Waals surface area contributed by atoms with Gasteiger partial charge in [0.2, 0.25) is 0 Å². The van der Waals surface area contributed by atoms with Crippen molar-refractivity contribution in [3.05, 3.63) is 24.3 Å². The minimum absolute atomic E-state index is 0.00425. The van der Waals surface area contributed by atoms with Gasteiger partial charge in [-0.15, -0.1) is 0 Å². The Morgan fingerprint density at radius 3 is 2.27 bits per heavy atom. The van der Waals surface area contributed by atoms with Crippen molar-refractivity contribution >= 4 is 12.3 Å². The second-order valence-corrected chi connectivity index (χ2v) is 15.7. The molecule has 282 valence electrons. The lowest BCUT2D eigenvalue weighted by molar-refractivity contribution is -0.337. The number of carbonyl (C=O) groups excluding carboxylic acids is 2. The summed E-state index contributed by atoms with van der Waals surface area (Å²) in [6.45, 7) is 16.3. The highest BCUT2D eigenvalue weighted by molar-refractivity contribution is 5.70. The summed E-state index contributed by atoms with van der Waals surface area (Å²) in [7, 11) is 5.32. The van der Waals surface area contributed by atoms with E-state index in [-0.39, 0.29) is 48.3 Å². The molecule has 0 bridgehead atoms. The molecular formula is C38H65NO10. The van der Waals surface area contributed by atoms with E-state index in [1.807, 2.05) is 58.8 Å². The van der Waals surface area contributed by atoms with Crippen LogP contribution < -0.4 is 0 Å². The third-order valence-corrected chi connectivity index (χ3v) is 11.1. The average Bonchev–Trinajstić information content (AvgIpc) is 3.00. The molecule has 0 saturated carbocycles. The van der Waals surface area contributed by atoms with Gasteiger partial charge in [-0.1, -0.05) is 58.9 Å². The van der Waals surface area contributed by atoms with Crippen molar-refractivity contribution in [2.24, 2.45) is 29.1 Å². The van der Waals surface area contributed by atoms with Crippen molar-refractivity contribution in [3.8, 4) is 0 Å². The Morgan fingerprint density at radius 2 is 1.65 bits per heavy atom. The maximum atomic E-state index is 13.0. The van der Waals surface area contributed by atoms with Gasteiger partial charge in [0, 0.05) is 26.4 Å². The number of rotatable bonds is 8. The minimum atomic E-state index is -1.14. The van der Waals surface area contributed by atoms with E-state index < -0.39 is 61.2 Å². The zero-order chi connectivity index (χ0) is 36.6. The largest absolute Gasteiger partial charge is 0.462 e. The molecule has 3 unspecified atom stereocenters. The van der Waals surface area contributed by atoms with Gasteiger partial charge in [-0.05, 0) is 70.4 Å². The predicted molar refractivity (Wildman–Crippen MR) is 186 cm³/mol. The van der Waals surface area contributed by atoms with E-state index in [1.54, 1.807) is 19.3 Å². The Balaban J connectivity index is 1.94. The number of cyclic esters (lactones) is 1. The zero-order valence-electron chi connectivity index (χ0n) is 31.7. The van der Waals surface area contributed by atoms with Crippen LogP contribution in [0.5, 0.6) is 0 Å². The maximum Gasteiger partial charge on any atom is 0.306 e. The predicted octanol–water partition coefficient (Wildman–Crippen LogP) is 4.67. The number of hydrogen-bond acceptors (Lipinski definition) is 11.